The van der Waals surface area contributed by atoms with Gasteiger partial charge in [0.25, 0.3) is 0 Å². The Hall–Kier alpha value is -7.36. The number of para-hydroxylation sites is 4. The summed E-state index contributed by atoms with van der Waals surface area (Å²) in [7, 11) is 0. The van der Waals surface area contributed by atoms with Gasteiger partial charge in [-0.25, -0.2) is 0 Å². The molecule has 268 valence electrons. The quantitative estimate of drug-likeness (QED) is 0.181. The third kappa shape index (κ3) is 5.13. The topological polar surface area (TPSA) is 35.5 Å². The lowest BCUT2D eigenvalue weighted by atomic mass is 9.86. The van der Waals surface area contributed by atoms with E-state index in [1.807, 2.05) is 24.3 Å². The molecule has 0 spiro atoms. The largest absolute Gasteiger partial charge is 0.456 e. The lowest BCUT2D eigenvalue weighted by molar-refractivity contribution is 0.481. The first-order valence-electron chi connectivity index (χ1n) is 19.6. The molecule has 2 aliphatic rings. The first kappa shape index (κ1) is 31.9. The Morgan fingerprint density at radius 2 is 0.842 bits per heavy atom. The summed E-state index contributed by atoms with van der Waals surface area (Å²) in [4.78, 5) is 0. The minimum absolute atomic E-state index is 0.876. The molecule has 8 aromatic carbocycles. The maximum atomic E-state index is 6.77. The summed E-state index contributed by atoms with van der Waals surface area (Å²) in [5.74, 6) is 1.77. The van der Waals surface area contributed by atoms with Crippen molar-refractivity contribution in [2.45, 2.75) is 12.8 Å². The summed E-state index contributed by atoms with van der Waals surface area (Å²) in [5, 5.41) is 4.57. The van der Waals surface area contributed by atoms with Crippen molar-refractivity contribution in [3.8, 4) is 56.0 Å². The number of hydrogen-bond donors (Lipinski definition) is 0. The van der Waals surface area contributed by atoms with Crippen LogP contribution in [-0.4, -0.2) is 0 Å². The number of benzene rings is 8. The normalized spacial score (nSPS) is 13.5. The maximum Gasteiger partial charge on any atom is 0.143 e. The average Bonchev–Trinajstić information content (AvgIpc) is 3.82. The summed E-state index contributed by atoms with van der Waals surface area (Å²) in [6.45, 7) is 0. The third-order valence-corrected chi connectivity index (χ3v) is 11.8. The van der Waals surface area contributed by atoms with Gasteiger partial charge in [0, 0.05) is 43.8 Å². The molecule has 0 fully saturated rings. The van der Waals surface area contributed by atoms with Crippen LogP contribution >= 0.6 is 0 Å². The number of allylic oxidation sites excluding steroid dienone is 4. The first-order valence-corrected chi connectivity index (χ1v) is 19.6. The van der Waals surface area contributed by atoms with Gasteiger partial charge in [0.2, 0.25) is 0 Å². The lowest BCUT2D eigenvalue weighted by Gasteiger charge is -2.17. The van der Waals surface area contributed by atoms with Gasteiger partial charge < -0.3 is 13.6 Å². The zero-order chi connectivity index (χ0) is 37.5. The minimum Gasteiger partial charge on any atom is -0.456 e. The second-order valence-electron chi connectivity index (χ2n) is 15.1. The summed E-state index contributed by atoms with van der Waals surface area (Å²) in [6, 6.07) is 60.2. The van der Waals surface area contributed by atoms with Crippen molar-refractivity contribution in [1.82, 2.24) is 0 Å². The Kier molecular flexibility index (Phi) is 7.05. The van der Waals surface area contributed by atoms with Gasteiger partial charge in [-0.05, 0) is 93.8 Å². The molecule has 0 amide bonds. The fourth-order valence-corrected chi connectivity index (χ4v) is 8.99. The Morgan fingerprint density at radius 1 is 0.368 bits per heavy atom. The summed E-state index contributed by atoms with van der Waals surface area (Å²) in [5.41, 5.74) is 17.6. The fourth-order valence-electron chi connectivity index (χ4n) is 8.99. The highest BCUT2D eigenvalue weighted by Crippen LogP contribution is 2.48. The molecule has 2 aromatic heterocycles. The molecule has 3 heterocycles. The van der Waals surface area contributed by atoms with Crippen molar-refractivity contribution in [3.05, 3.63) is 193 Å². The van der Waals surface area contributed by atoms with Crippen LogP contribution in [0.4, 0.5) is 0 Å². The van der Waals surface area contributed by atoms with Gasteiger partial charge in [-0.2, -0.15) is 0 Å². The number of furan rings is 2. The monoisotopic (exact) mass is 730 g/mol. The van der Waals surface area contributed by atoms with E-state index in [0.29, 0.717) is 0 Å². The van der Waals surface area contributed by atoms with Crippen molar-refractivity contribution >= 4 is 55.0 Å². The van der Waals surface area contributed by atoms with Gasteiger partial charge >= 0.3 is 0 Å². The zero-order valence-electron chi connectivity index (χ0n) is 31.0. The van der Waals surface area contributed by atoms with Crippen LogP contribution in [0.5, 0.6) is 11.5 Å². The predicted molar refractivity (Wildman–Crippen MR) is 234 cm³/mol. The van der Waals surface area contributed by atoms with Crippen molar-refractivity contribution in [2.75, 3.05) is 0 Å². The van der Waals surface area contributed by atoms with Gasteiger partial charge in [0.15, 0.2) is 0 Å². The van der Waals surface area contributed by atoms with Crippen LogP contribution in [0.2, 0.25) is 0 Å². The molecule has 0 atom stereocenters. The zero-order valence-corrected chi connectivity index (χ0v) is 31.0. The SMILES string of the molecule is C1=CC2=C(CC1)c1cc(-c3ccc(-c4cccc5c4oc4ccccc45)cc3)ccc1Oc1ccc(-c3ccc(-c4cccc5c4oc4ccccc45)cc3)cc12. The highest BCUT2D eigenvalue weighted by molar-refractivity contribution is 6.11. The highest BCUT2D eigenvalue weighted by Gasteiger charge is 2.25. The standard InChI is InChI=1S/C54H34O3/c1-2-10-42-41(9-1)47-31-37(33-19-23-35(24-20-33)39-13-7-15-45-43-11-3-5-17-49(43)56-53(39)45)27-29-51(47)55-52-30-28-38(32-48(42)52)34-21-25-36(26-22-34)40-14-8-16-46-44-12-4-6-18-50(44)57-54(40)46/h1,3-9,11-32H,2,10H2. The summed E-state index contributed by atoms with van der Waals surface area (Å²) >= 11 is 0. The second-order valence-corrected chi connectivity index (χ2v) is 15.1. The molecule has 57 heavy (non-hydrogen) atoms. The van der Waals surface area contributed by atoms with Crippen molar-refractivity contribution in [3.63, 3.8) is 0 Å². The average molecular weight is 731 g/mol. The number of rotatable bonds is 4. The molecule has 0 saturated carbocycles. The molecular weight excluding hydrogens is 697 g/mol. The van der Waals surface area contributed by atoms with Gasteiger partial charge in [0.1, 0.15) is 33.8 Å². The van der Waals surface area contributed by atoms with Crippen molar-refractivity contribution < 1.29 is 13.6 Å². The number of ether oxygens (including phenoxy) is 1. The highest BCUT2D eigenvalue weighted by atomic mass is 16.5. The third-order valence-electron chi connectivity index (χ3n) is 11.8. The van der Waals surface area contributed by atoms with Crippen LogP contribution < -0.4 is 4.74 Å². The van der Waals surface area contributed by atoms with Crippen LogP contribution in [-0.2, 0) is 0 Å². The van der Waals surface area contributed by atoms with E-state index in [1.165, 1.54) is 11.1 Å². The molecule has 0 bridgehead atoms. The van der Waals surface area contributed by atoms with Gasteiger partial charge in [-0.3, -0.25) is 0 Å². The van der Waals surface area contributed by atoms with Gasteiger partial charge in [-0.1, -0.05) is 146 Å². The molecule has 1 aliphatic carbocycles. The van der Waals surface area contributed by atoms with E-state index in [-0.39, 0.29) is 0 Å². The summed E-state index contributed by atoms with van der Waals surface area (Å²) < 4.78 is 19.5. The van der Waals surface area contributed by atoms with Crippen LogP contribution in [0.15, 0.2) is 191 Å². The van der Waals surface area contributed by atoms with E-state index in [4.69, 9.17) is 13.6 Å². The molecule has 0 saturated heterocycles. The van der Waals surface area contributed by atoms with E-state index in [0.717, 1.165) is 124 Å². The first-order chi connectivity index (χ1) is 28.2. The Bertz CT molecular complexity index is 3300. The van der Waals surface area contributed by atoms with Crippen LogP contribution in [0.25, 0.3) is 99.5 Å². The van der Waals surface area contributed by atoms with Crippen molar-refractivity contribution in [1.29, 1.82) is 0 Å². The van der Waals surface area contributed by atoms with Gasteiger partial charge in [0.05, 0.1) is 0 Å². The van der Waals surface area contributed by atoms with Gasteiger partial charge in [-0.15, -0.1) is 0 Å². The van der Waals surface area contributed by atoms with E-state index in [1.54, 1.807) is 0 Å². The molecule has 1 aliphatic heterocycles. The van der Waals surface area contributed by atoms with E-state index >= 15 is 0 Å². The second kappa shape index (κ2) is 12.6. The smallest absolute Gasteiger partial charge is 0.143 e. The van der Waals surface area contributed by atoms with Crippen molar-refractivity contribution in [2.24, 2.45) is 0 Å². The maximum absolute atomic E-state index is 6.77. The van der Waals surface area contributed by atoms with Crippen LogP contribution in [0.1, 0.15) is 24.0 Å². The summed E-state index contributed by atoms with van der Waals surface area (Å²) in [6.07, 6.45) is 6.53. The molecule has 0 N–H and O–H groups in total. The Morgan fingerprint density at radius 3 is 1.42 bits per heavy atom. The van der Waals surface area contributed by atoms with Crippen LogP contribution in [0, 0.1) is 0 Å². The van der Waals surface area contributed by atoms with E-state index in [2.05, 4.69) is 158 Å². The predicted octanol–water partition coefficient (Wildman–Crippen LogP) is 15.5. The molecule has 0 unspecified atom stereocenters. The fraction of sp³-hybridized carbons (Fsp3) is 0.0370. The molecule has 0 radical (unpaired) electrons. The van der Waals surface area contributed by atoms with E-state index < -0.39 is 0 Å². The molecule has 3 heteroatoms. The van der Waals surface area contributed by atoms with Crippen LogP contribution in [0.3, 0.4) is 0 Å². The molecule has 12 rings (SSSR count). The minimum atomic E-state index is 0.876. The van der Waals surface area contributed by atoms with E-state index in [9.17, 15) is 0 Å². The lowest BCUT2D eigenvalue weighted by Crippen LogP contribution is -1.94. The molecule has 10 aromatic rings. The number of fused-ring (bicyclic) bond motifs is 10. The number of hydrogen-bond acceptors (Lipinski definition) is 3. The molecule has 3 nitrogen and oxygen atoms in total. The molecular formula is C54H34O3. The Balaban J connectivity index is 0.880. The Labute approximate surface area is 329 Å².